The van der Waals surface area contributed by atoms with Crippen LogP contribution in [0.15, 0.2) is 0 Å². The largest absolute Gasteiger partial charge is 0.635 e. The van der Waals surface area contributed by atoms with Crippen molar-refractivity contribution in [3.8, 4) is 0 Å². The maximum absolute atomic E-state index is 9.97. The van der Waals surface area contributed by atoms with E-state index in [9.17, 15) is 12.9 Å². The third-order valence-electron chi connectivity index (χ3n) is 0. The first-order valence-electron chi connectivity index (χ1n) is 0.913. The van der Waals surface area contributed by atoms with Crippen LogP contribution in [0.3, 0.4) is 0 Å². The quantitative estimate of drug-likeness (QED) is 0.420. The van der Waals surface area contributed by atoms with Gasteiger partial charge in [0.15, 0.2) is 0 Å². The number of hydrogen-bond donors (Lipinski definition) is 1. The van der Waals surface area contributed by atoms with Gasteiger partial charge < -0.3 is 18.0 Å². The molecular weight excluding hydrogens is 83.8 g/mol. The van der Waals surface area contributed by atoms with Crippen LogP contribution < -0.4 is 0 Å². The SMILES string of the molecule is O[B-](F)(F)F. The van der Waals surface area contributed by atoms with Gasteiger partial charge in [0.1, 0.15) is 0 Å². The second-order valence-corrected chi connectivity index (χ2v) is 0.540. The molecule has 0 radical (unpaired) electrons. The molecule has 0 aliphatic heterocycles. The summed E-state index contributed by atoms with van der Waals surface area (Å²) in [7, 11) is -5.50. The standard InChI is InChI=1S/BF3HO/c2-1(3,4)5/h5H/q-1. The van der Waals surface area contributed by atoms with Crippen molar-refractivity contribution in [3.05, 3.63) is 0 Å². The number of hydrogen-bond acceptors (Lipinski definition) is 1. The van der Waals surface area contributed by atoms with Crippen LogP contribution in [0.2, 0.25) is 0 Å². The Morgan fingerprint density at radius 1 is 1.20 bits per heavy atom. The van der Waals surface area contributed by atoms with E-state index < -0.39 is 7.18 Å². The van der Waals surface area contributed by atoms with Crippen LogP contribution in [0.25, 0.3) is 0 Å². The van der Waals surface area contributed by atoms with E-state index in [0.29, 0.717) is 0 Å². The molecule has 32 valence electrons. The molecule has 0 aromatic heterocycles. The van der Waals surface area contributed by atoms with E-state index in [1.807, 2.05) is 0 Å². The fourth-order valence-corrected chi connectivity index (χ4v) is 0. The van der Waals surface area contributed by atoms with Crippen LogP contribution >= 0.6 is 0 Å². The fraction of sp³-hybridized carbons (Fsp3) is 0. The molecule has 0 bridgehead atoms. The fourth-order valence-electron chi connectivity index (χ4n) is 0. The van der Waals surface area contributed by atoms with Crippen molar-refractivity contribution in [1.29, 1.82) is 0 Å². The predicted molar refractivity (Wildman–Crippen MR) is 11.3 cm³/mol. The van der Waals surface area contributed by atoms with Gasteiger partial charge in [-0.3, -0.25) is 0 Å². The van der Waals surface area contributed by atoms with Crippen molar-refractivity contribution < 1.29 is 18.0 Å². The molecule has 0 aliphatic carbocycles. The molecule has 0 spiro atoms. The van der Waals surface area contributed by atoms with E-state index in [4.69, 9.17) is 5.02 Å². The lowest BCUT2D eigenvalue weighted by Crippen LogP contribution is -2.11. The highest BCUT2D eigenvalue weighted by molar-refractivity contribution is 6.49. The number of halogens is 3. The summed E-state index contributed by atoms with van der Waals surface area (Å²) in [4.78, 5) is 0. The van der Waals surface area contributed by atoms with Gasteiger partial charge in [0.25, 0.3) is 0 Å². The first kappa shape index (κ1) is 4.81. The van der Waals surface area contributed by atoms with E-state index in [1.54, 1.807) is 0 Å². The Bertz CT molecular complexity index is 22.4. The van der Waals surface area contributed by atoms with Gasteiger partial charge >= 0.3 is 7.18 Å². The van der Waals surface area contributed by atoms with Crippen LogP contribution in [0.4, 0.5) is 12.9 Å². The zero-order chi connectivity index (χ0) is 4.50. The predicted octanol–water partition coefficient (Wildman–Crippen LogP) is 0.323. The van der Waals surface area contributed by atoms with Gasteiger partial charge in [-0.05, 0) is 0 Å². The van der Waals surface area contributed by atoms with Crippen LogP contribution in [0.1, 0.15) is 0 Å². The van der Waals surface area contributed by atoms with Crippen molar-refractivity contribution in [1.82, 2.24) is 0 Å². The Kier molecular flexibility index (Phi) is 0.861. The molecular formula is HBF3O-. The highest BCUT2D eigenvalue weighted by atomic mass is 19.4. The minimum absolute atomic E-state index is 5.50. The molecule has 1 N–H and O–H groups in total. The van der Waals surface area contributed by atoms with Crippen LogP contribution in [-0.4, -0.2) is 12.2 Å². The van der Waals surface area contributed by atoms with E-state index in [0.717, 1.165) is 0 Å². The molecule has 0 saturated heterocycles. The van der Waals surface area contributed by atoms with E-state index in [1.165, 1.54) is 0 Å². The topological polar surface area (TPSA) is 20.2 Å². The van der Waals surface area contributed by atoms with Gasteiger partial charge in [0.05, 0.1) is 0 Å². The lowest BCUT2D eigenvalue weighted by molar-refractivity contribution is 0.284. The molecule has 0 aliphatic rings. The highest BCUT2D eigenvalue weighted by Gasteiger charge is 2.17. The van der Waals surface area contributed by atoms with Crippen LogP contribution in [0, 0.1) is 0 Å². The average Bonchev–Trinajstić information content (AvgIpc) is 0.722. The molecule has 5 heteroatoms. The summed E-state index contributed by atoms with van der Waals surface area (Å²) in [6, 6.07) is 0. The molecule has 0 atom stereocenters. The van der Waals surface area contributed by atoms with Gasteiger partial charge in [-0.1, -0.05) is 0 Å². The molecule has 1 nitrogen and oxygen atoms in total. The van der Waals surface area contributed by atoms with Gasteiger partial charge in [-0.25, -0.2) is 0 Å². The Labute approximate surface area is 26.5 Å². The maximum Gasteiger partial charge on any atom is 0.635 e. The second kappa shape index (κ2) is 0.894. The Balaban J connectivity index is 3.02. The van der Waals surface area contributed by atoms with Crippen molar-refractivity contribution >= 4 is 7.18 Å². The third kappa shape index (κ3) is 367. The molecule has 0 heterocycles. The van der Waals surface area contributed by atoms with Crippen LogP contribution in [0.5, 0.6) is 0 Å². The molecule has 0 fully saturated rings. The summed E-state index contributed by atoms with van der Waals surface area (Å²) < 4.78 is 29.9. The zero-order valence-electron chi connectivity index (χ0n) is 2.16. The average molecular weight is 84.8 g/mol. The zero-order valence-corrected chi connectivity index (χ0v) is 2.16. The molecule has 0 aromatic rings. The van der Waals surface area contributed by atoms with Gasteiger partial charge in [0, 0.05) is 0 Å². The van der Waals surface area contributed by atoms with Crippen molar-refractivity contribution in [2.45, 2.75) is 0 Å². The minimum atomic E-state index is -5.50. The Hall–Kier alpha value is -0.185. The van der Waals surface area contributed by atoms with Gasteiger partial charge in [-0.2, -0.15) is 0 Å². The summed E-state index contributed by atoms with van der Waals surface area (Å²) in [6.45, 7) is 0. The smallest absolute Gasteiger partial charge is 0.523 e. The van der Waals surface area contributed by atoms with Crippen LogP contribution in [-0.2, 0) is 0 Å². The summed E-state index contributed by atoms with van der Waals surface area (Å²) >= 11 is 0. The minimum Gasteiger partial charge on any atom is -0.523 e. The Morgan fingerprint density at radius 2 is 1.20 bits per heavy atom. The van der Waals surface area contributed by atoms with Crippen molar-refractivity contribution in [2.75, 3.05) is 0 Å². The second-order valence-electron chi connectivity index (χ2n) is 0.540. The Morgan fingerprint density at radius 3 is 1.20 bits per heavy atom. The van der Waals surface area contributed by atoms with Crippen molar-refractivity contribution in [2.24, 2.45) is 0 Å². The molecule has 0 aromatic carbocycles. The van der Waals surface area contributed by atoms with E-state index in [2.05, 4.69) is 0 Å². The highest BCUT2D eigenvalue weighted by Crippen LogP contribution is 1.98. The molecule has 0 unspecified atom stereocenters. The van der Waals surface area contributed by atoms with E-state index in [-0.39, 0.29) is 0 Å². The molecule has 5 heavy (non-hydrogen) atoms. The molecule has 0 amide bonds. The summed E-state index contributed by atoms with van der Waals surface area (Å²) in [5, 5.41) is 6.58. The van der Waals surface area contributed by atoms with Gasteiger partial charge in [0.2, 0.25) is 0 Å². The third-order valence-corrected chi connectivity index (χ3v) is 0. The molecule has 0 rings (SSSR count). The maximum atomic E-state index is 9.97. The van der Waals surface area contributed by atoms with E-state index >= 15 is 0 Å². The monoisotopic (exact) mass is 85.0 g/mol. The van der Waals surface area contributed by atoms with Gasteiger partial charge in [-0.15, -0.1) is 0 Å². The molecule has 0 saturated carbocycles. The first-order valence-corrected chi connectivity index (χ1v) is 0.913. The summed E-state index contributed by atoms with van der Waals surface area (Å²) in [5.74, 6) is 0. The lowest BCUT2D eigenvalue weighted by atomic mass is 10.3. The summed E-state index contributed by atoms with van der Waals surface area (Å²) in [5.41, 5.74) is 0. The normalized spacial score (nSPS) is 12.0. The lowest BCUT2D eigenvalue weighted by Gasteiger charge is -1.98. The first-order chi connectivity index (χ1) is 2.00. The van der Waals surface area contributed by atoms with Crippen molar-refractivity contribution in [3.63, 3.8) is 0 Å². The number of rotatable bonds is 0. The summed E-state index contributed by atoms with van der Waals surface area (Å²) in [6.07, 6.45) is 0.